The van der Waals surface area contributed by atoms with Crippen LogP contribution in [0.2, 0.25) is 0 Å². The van der Waals surface area contributed by atoms with Gasteiger partial charge in [0.2, 0.25) is 0 Å². The minimum absolute atomic E-state index is 0.0288. The summed E-state index contributed by atoms with van der Waals surface area (Å²) in [6.07, 6.45) is 1.79. The minimum atomic E-state index is -0.0288. The monoisotopic (exact) mass is 260 g/mol. The number of hydrogen-bond acceptors (Lipinski definition) is 3. The number of aliphatic hydroxyl groups excluding tert-OH is 1. The number of benzene rings is 1. The first-order chi connectivity index (χ1) is 9.19. The average Bonchev–Trinajstić information content (AvgIpc) is 2.88. The maximum absolute atomic E-state index is 9.44. The third-order valence-electron chi connectivity index (χ3n) is 2.99. The Bertz CT molecular complexity index is 547. The lowest BCUT2D eigenvalue weighted by Gasteiger charge is -2.16. The summed E-state index contributed by atoms with van der Waals surface area (Å²) in [6, 6.07) is 8.06. The van der Waals surface area contributed by atoms with Crippen LogP contribution in [-0.2, 0) is 6.61 Å². The highest BCUT2D eigenvalue weighted by Gasteiger charge is 2.15. The number of rotatable bonds is 5. The summed E-state index contributed by atoms with van der Waals surface area (Å²) in [5.41, 5.74) is 2.78. The standard InChI is InChI=1S/C15H20N2O2/c1-4-19-15-12(10-18)6-5-7-13(15)14-8-9-16-17(14)11(2)3/h5-9,11,18H,4,10H2,1-3H3. The van der Waals surface area contributed by atoms with Crippen molar-refractivity contribution in [2.45, 2.75) is 33.4 Å². The van der Waals surface area contributed by atoms with Crippen LogP contribution >= 0.6 is 0 Å². The molecule has 0 atom stereocenters. The summed E-state index contributed by atoms with van der Waals surface area (Å²) in [5.74, 6) is 0.745. The molecule has 0 saturated heterocycles. The van der Waals surface area contributed by atoms with Gasteiger partial charge < -0.3 is 9.84 Å². The number of ether oxygens (including phenoxy) is 1. The number of aliphatic hydroxyl groups is 1. The molecule has 1 aromatic heterocycles. The van der Waals surface area contributed by atoms with Crippen LogP contribution in [0.5, 0.6) is 5.75 Å². The van der Waals surface area contributed by atoms with Gasteiger partial charge in [0.25, 0.3) is 0 Å². The Balaban J connectivity index is 2.57. The topological polar surface area (TPSA) is 47.3 Å². The van der Waals surface area contributed by atoms with E-state index in [9.17, 15) is 5.11 Å². The van der Waals surface area contributed by atoms with Crippen molar-refractivity contribution in [3.8, 4) is 17.0 Å². The van der Waals surface area contributed by atoms with Gasteiger partial charge in [-0.2, -0.15) is 5.10 Å². The largest absolute Gasteiger partial charge is 0.493 e. The summed E-state index contributed by atoms with van der Waals surface area (Å²) in [5, 5.41) is 13.8. The van der Waals surface area contributed by atoms with E-state index < -0.39 is 0 Å². The number of aromatic nitrogens is 2. The van der Waals surface area contributed by atoms with Gasteiger partial charge in [-0.15, -0.1) is 0 Å². The van der Waals surface area contributed by atoms with Gasteiger partial charge in [0.05, 0.1) is 18.9 Å². The van der Waals surface area contributed by atoms with E-state index in [1.807, 2.05) is 35.9 Å². The molecular formula is C15H20N2O2. The maximum atomic E-state index is 9.44. The van der Waals surface area contributed by atoms with Crippen LogP contribution in [0.15, 0.2) is 30.5 Å². The zero-order valence-corrected chi connectivity index (χ0v) is 11.6. The first-order valence-electron chi connectivity index (χ1n) is 6.58. The van der Waals surface area contributed by atoms with Crippen molar-refractivity contribution >= 4 is 0 Å². The summed E-state index contributed by atoms with van der Waals surface area (Å²) < 4.78 is 7.67. The number of para-hydroxylation sites is 1. The highest BCUT2D eigenvalue weighted by molar-refractivity contribution is 5.69. The molecule has 2 aromatic rings. The molecule has 19 heavy (non-hydrogen) atoms. The molecule has 4 heteroatoms. The lowest BCUT2D eigenvalue weighted by molar-refractivity contribution is 0.267. The van der Waals surface area contributed by atoms with Gasteiger partial charge in [-0.1, -0.05) is 12.1 Å². The highest BCUT2D eigenvalue weighted by Crippen LogP contribution is 2.34. The Morgan fingerprint density at radius 1 is 1.32 bits per heavy atom. The fraction of sp³-hybridized carbons (Fsp3) is 0.400. The summed E-state index contributed by atoms with van der Waals surface area (Å²) in [6.45, 7) is 6.66. The zero-order chi connectivity index (χ0) is 13.8. The van der Waals surface area contributed by atoms with Crippen LogP contribution in [0.25, 0.3) is 11.3 Å². The molecule has 0 amide bonds. The Kier molecular flexibility index (Phi) is 4.22. The van der Waals surface area contributed by atoms with Crippen molar-refractivity contribution in [1.82, 2.24) is 9.78 Å². The van der Waals surface area contributed by atoms with E-state index in [0.717, 1.165) is 22.6 Å². The molecule has 1 N–H and O–H groups in total. The molecular weight excluding hydrogens is 240 g/mol. The minimum Gasteiger partial charge on any atom is -0.493 e. The Labute approximate surface area is 113 Å². The second-order valence-electron chi connectivity index (χ2n) is 4.64. The lowest BCUT2D eigenvalue weighted by atomic mass is 10.1. The molecule has 0 aliphatic heterocycles. The molecule has 1 aromatic carbocycles. The zero-order valence-electron chi connectivity index (χ0n) is 11.6. The Morgan fingerprint density at radius 2 is 2.11 bits per heavy atom. The molecule has 0 aliphatic rings. The molecule has 0 aliphatic carbocycles. The fourth-order valence-corrected chi connectivity index (χ4v) is 2.16. The first kappa shape index (κ1) is 13.6. The van der Waals surface area contributed by atoms with Gasteiger partial charge in [-0.3, -0.25) is 4.68 Å². The van der Waals surface area contributed by atoms with Crippen LogP contribution in [0.1, 0.15) is 32.4 Å². The molecule has 0 saturated carbocycles. The normalized spacial score (nSPS) is 11.0. The van der Waals surface area contributed by atoms with Gasteiger partial charge in [-0.25, -0.2) is 0 Å². The predicted octanol–water partition coefficient (Wildman–Crippen LogP) is 3.02. The Morgan fingerprint density at radius 3 is 2.74 bits per heavy atom. The molecule has 1 heterocycles. The van der Waals surface area contributed by atoms with Gasteiger partial charge in [0, 0.05) is 23.4 Å². The second-order valence-corrected chi connectivity index (χ2v) is 4.64. The van der Waals surface area contributed by atoms with Gasteiger partial charge in [0.1, 0.15) is 5.75 Å². The molecule has 0 fully saturated rings. The van der Waals surface area contributed by atoms with Crippen LogP contribution in [0.4, 0.5) is 0 Å². The molecule has 0 bridgehead atoms. The van der Waals surface area contributed by atoms with E-state index in [1.165, 1.54) is 0 Å². The third-order valence-corrected chi connectivity index (χ3v) is 2.99. The predicted molar refractivity (Wildman–Crippen MR) is 75.1 cm³/mol. The fourth-order valence-electron chi connectivity index (χ4n) is 2.16. The van der Waals surface area contributed by atoms with Crippen molar-refractivity contribution in [2.75, 3.05) is 6.61 Å². The van der Waals surface area contributed by atoms with E-state index in [2.05, 4.69) is 18.9 Å². The molecule has 102 valence electrons. The van der Waals surface area contributed by atoms with Crippen molar-refractivity contribution in [3.05, 3.63) is 36.0 Å². The van der Waals surface area contributed by atoms with Crippen molar-refractivity contribution in [2.24, 2.45) is 0 Å². The third kappa shape index (κ3) is 2.63. The summed E-state index contributed by atoms with van der Waals surface area (Å²) in [7, 11) is 0. The van der Waals surface area contributed by atoms with Crippen molar-refractivity contribution in [1.29, 1.82) is 0 Å². The number of hydrogen-bond donors (Lipinski definition) is 1. The maximum Gasteiger partial charge on any atom is 0.134 e. The lowest BCUT2D eigenvalue weighted by Crippen LogP contribution is -2.06. The van der Waals surface area contributed by atoms with Crippen LogP contribution < -0.4 is 4.74 Å². The van der Waals surface area contributed by atoms with E-state index in [-0.39, 0.29) is 12.6 Å². The molecule has 0 radical (unpaired) electrons. The highest BCUT2D eigenvalue weighted by atomic mass is 16.5. The van der Waals surface area contributed by atoms with E-state index in [0.29, 0.717) is 6.61 Å². The van der Waals surface area contributed by atoms with Crippen LogP contribution in [0, 0.1) is 0 Å². The SMILES string of the molecule is CCOc1c(CO)cccc1-c1ccnn1C(C)C. The van der Waals surface area contributed by atoms with Gasteiger partial charge in [-0.05, 0) is 32.9 Å². The van der Waals surface area contributed by atoms with Crippen LogP contribution in [-0.4, -0.2) is 21.5 Å². The molecule has 2 rings (SSSR count). The van der Waals surface area contributed by atoms with Crippen LogP contribution in [0.3, 0.4) is 0 Å². The van der Waals surface area contributed by atoms with Gasteiger partial charge >= 0.3 is 0 Å². The van der Waals surface area contributed by atoms with E-state index in [4.69, 9.17) is 4.74 Å². The second kappa shape index (κ2) is 5.89. The first-order valence-corrected chi connectivity index (χ1v) is 6.58. The van der Waals surface area contributed by atoms with Crippen molar-refractivity contribution < 1.29 is 9.84 Å². The quantitative estimate of drug-likeness (QED) is 0.899. The smallest absolute Gasteiger partial charge is 0.134 e. The average molecular weight is 260 g/mol. The van der Waals surface area contributed by atoms with Crippen molar-refractivity contribution in [3.63, 3.8) is 0 Å². The Hall–Kier alpha value is -1.81. The van der Waals surface area contributed by atoms with E-state index >= 15 is 0 Å². The summed E-state index contributed by atoms with van der Waals surface area (Å²) in [4.78, 5) is 0. The molecule has 0 unspecified atom stereocenters. The van der Waals surface area contributed by atoms with Gasteiger partial charge in [0.15, 0.2) is 0 Å². The molecule has 0 spiro atoms. The number of nitrogens with zero attached hydrogens (tertiary/aromatic N) is 2. The summed E-state index contributed by atoms with van der Waals surface area (Å²) >= 11 is 0. The van der Waals surface area contributed by atoms with E-state index in [1.54, 1.807) is 6.20 Å². The molecule has 4 nitrogen and oxygen atoms in total.